The molecule has 0 bridgehead atoms. The Balaban J connectivity index is 2.37. The van der Waals surface area contributed by atoms with Crippen molar-refractivity contribution in [2.45, 2.75) is 20.3 Å². The molecule has 0 aliphatic carbocycles. The second kappa shape index (κ2) is 4.37. The molecule has 1 aromatic carbocycles. The number of aliphatic carboxylic acids is 1. The van der Waals surface area contributed by atoms with Crippen LogP contribution in [0, 0.1) is 13.8 Å². The summed E-state index contributed by atoms with van der Waals surface area (Å²) in [6, 6.07) is 5.89. The standard InChI is InChI=1S/C12H13N3O2/c1-8-4-3-5-11(9(8)2)15-7-10(13-14-15)6-12(16)17/h3-5,7H,6H2,1-2H3,(H,16,17). The maximum Gasteiger partial charge on any atom is 0.309 e. The van der Waals surface area contributed by atoms with Crippen LogP contribution >= 0.6 is 0 Å². The van der Waals surface area contributed by atoms with E-state index in [2.05, 4.69) is 10.3 Å². The fourth-order valence-electron chi connectivity index (χ4n) is 1.64. The van der Waals surface area contributed by atoms with E-state index in [1.807, 2.05) is 32.0 Å². The molecule has 0 amide bonds. The molecule has 0 saturated heterocycles. The SMILES string of the molecule is Cc1cccc(-n2cc(CC(=O)O)nn2)c1C. The van der Waals surface area contributed by atoms with Crippen LogP contribution in [0.2, 0.25) is 0 Å². The number of carboxylic acids is 1. The molecule has 1 heterocycles. The number of hydrogen-bond donors (Lipinski definition) is 1. The van der Waals surface area contributed by atoms with Crippen LogP contribution in [0.15, 0.2) is 24.4 Å². The summed E-state index contributed by atoms with van der Waals surface area (Å²) in [5.41, 5.74) is 3.66. The van der Waals surface area contributed by atoms with E-state index in [1.165, 1.54) is 0 Å². The Hall–Kier alpha value is -2.17. The number of hydrogen-bond acceptors (Lipinski definition) is 3. The average Bonchev–Trinajstić information content (AvgIpc) is 2.69. The smallest absolute Gasteiger partial charge is 0.309 e. The van der Waals surface area contributed by atoms with Gasteiger partial charge in [-0.05, 0) is 31.0 Å². The highest BCUT2D eigenvalue weighted by Gasteiger charge is 2.08. The van der Waals surface area contributed by atoms with Gasteiger partial charge in [0.2, 0.25) is 0 Å². The van der Waals surface area contributed by atoms with E-state index in [-0.39, 0.29) is 6.42 Å². The van der Waals surface area contributed by atoms with Gasteiger partial charge in [-0.3, -0.25) is 4.79 Å². The lowest BCUT2D eigenvalue weighted by Gasteiger charge is -2.06. The van der Waals surface area contributed by atoms with Gasteiger partial charge >= 0.3 is 5.97 Å². The Morgan fingerprint density at radius 2 is 2.18 bits per heavy atom. The van der Waals surface area contributed by atoms with Crippen molar-refractivity contribution in [1.82, 2.24) is 15.0 Å². The third-order valence-electron chi connectivity index (χ3n) is 2.70. The Bertz CT molecular complexity index is 561. The molecule has 0 aliphatic heterocycles. The van der Waals surface area contributed by atoms with Crippen LogP contribution in [0.25, 0.3) is 5.69 Å². The van der Waals surface area contributed by atoms with Gasteiger partial charge in [0.15, 0.2) is 0 Å². The van der Waals surface area contributed by atoms with Gasteiger partial charge in [0.25, 0.3) is 0 Å². The van der Waals surface area contributed by atoms with Gasteiger partial charge < -0.3 is 5.11 Å². The second-order valence-corrected chi connectivity index (χ2v) is 3.94. The normalized spacial score (nSPS) is 10.5. The third kappa shape index (κ3) is 2.33. The molecule has 5 heteroatoms. The molecular formula is C12H13N3O2. The van der Waals surface area contributed by atoms with Crippen molar-refractivity contribution in [2.75, 3.05) is 0 Å². The van der Waals surface area contributed by atoms with Gasteiger partial charge in [0.1, 0.15) is 0 Å². The van der Waals surface area contributed by atoms with E-state index >= 15 is 0 Å². The zero-order valence-electron chi connectivity index (χ0n) is 9.71. The first-order chi connectivity index (χ1) is 8.08. The van der Waals surface area contributed by atoms with E-state index in [4.69, 9.17) is 5.11 Å². The number of carbonyl (C=O) groups is 1. The Kier molecular flexibility index (Phi) is 2.91. The van der Waals surface area contributed by atoms with Crippen molar-refractivity contribution in [3.05, 3.63) is 41.2 Å². The number of carboxylic acid groups (broad SMARTS) is 1. The van der Waals surface area contributed by atoms with Crippen LogP contribution in [0.5, 0.6) is 0 Å². The summed E-state index contributed by atoms with van der Waals surface area (Å²) >= 11 is 0. The second-order valence-electron chi connectivity index (χ2n) is 3.94. The maximum atomic E-state index is 10.6. The molecule has 0 fully saturated rings. The minimum absolute atomic E-state index is 0.106. The van der Waals surface area contributed by atoms with Crippen molar-refractivity contribution < 1.29 is 9.90 Å². The highest BCUT2D eigenvalue weighted by Crippen LogP contribution is 2.16. The lowest BCUT2D eigenvalue weighted by atomic mass is 10.1. The molecule has 88 valence electrons. The summed E-state index contributed by atoms with van der Waals surface area (Å²) < 4.78 is 1.61. The fourth-order valence-corrected chi connectivity index (χ4v) is 1.64. The third-order valence-corrected chi connectivity index (χ3v) is 2.70. The van der Waals surface area contributed by atoms with Crippen LogP contribution in [-0.4, -0.2) is 26.1 Å². The van der Waals surface area contributed by atoms with E-state index in [0.717, 1.165) is 16.8 Å². The summed E-state index contributed by atoms with van der Waals surface area (Å²) in [5.74, 6) is -0.905. The average molecular weight is 231 g/mol. The summed E-state index contributed by atoms with van der Waals surface area (Å²) in [6.45, 7) is 4.02. The first-order valence-electron chi connectivity index (χ1n) is 5.27. The van der Waals surface area contributed by atoms with Crippen LogP contribution in [-0.2, 0) is 11.2 Å². The Morgan fingerprint density at radius 3 is 2.88 bits per heavy atom. The molecule has 2 aromatic rings. The van der Waals surface area contributed by atoms with Crippen molar-refractivity contribution in [2.24, 2.45) is 0 Å². The molecule has 1 N–H and O–H groups in total. The minimum Gasteiger partial charge on any atom is -0.481 e. The molecule has 1 aromatic heterocycles. The zero-order chi connectivity index (χ0) is 12.4. The molecule has 0 spiro atoms. The van der Waals surface area contributed by atoms with Crippen molar-refractivity contribution in [3.8, 4) is 5.69 Å². The highest BCUT2D eigenvalue weighted by atomic mass is 16.4. The summed E-state index contributed by atoms with van der Waals surface area (Å²) in [7, 11) is 0. The monoisotopic (exact) mass is 231 g/mol. The van der Waals surface area contributed by atoms with Gasteiger partial charge in [-0.2, -0.15) is 0 Å². The predicted molar refractivity (Wildman–Crippen MR) is 62.2 cm³/mol. The molecule has 0 aliphatic rings. The lowest BCUT2D eigenvalue weighted by Crippen LogP contribution is -2.00. The number of aromatic nitrogens is 3. The molecule has 5 nitrogen and oxygen atoms in total. The summed E-state index contributed by atoms with van der Waals surface area (Å²) in [5, 5.41) is 16.4. The highest BCUT2D eigenvalue weighted by molar-refractivity contribution is 5.69. The van der Waals surface area contributed by atoms with Crippen molar-refractivity contribution in [1.29, 1.82) is 0 Å². The molecule has 0 unspecified atom stereocenters. The van der Waals surface area contributed by atoms with E-state index < -0.39 is 5.97 Å². The van der Waals surface area contributed by atoms with Crippen molar-refractivity contribution >= 4 is 5.97 Å². The Labute approximate surface area is 98.7 Å². The van der Waals surface area contributed by atoms with E-state index in [1.54, 1.807) is 10.9 Å². The van der Waals surface area contributed by atoms with Gasteiger partial charge in [-0.15, -0.1) is 5.10 Å². The molecule has 0 radical (unpaired) electrons. The van der Waals surface area contributed by atoms with Gasteiger partial charge in [0, 0.05) is 0 Å². The topological polar surface area (TPSA) is 68.0 Å². The van der Waals surface area contributed by atoms with Gasteiger partial charge in [-0.25, -0.2) is 4.68 Å². The first kappa shape index (κ1) is 11.3. The Morgan fingerprint density at radius 1 is 1.41 bits per heavy atom. The summed E-state index contributed by atoms with van der Waals surface area (Å²) in [6.07, 6.45) is 1.54. The van der Waals surface area contributed by atoms with Crippen LogP contribution in [0.3, 0.4) is 0 Å². The maximum absolute atomic E-state index is 10.6. The van der Waals surface area contributed by atoms with Gasteiger partial charge in [0.05, 0.1) is 24.0 Å². The predicted octanol–water partition coefficient (Wildman–Crippen LogP) is 1.51. The zero-order valence-corrected chi connectivity index (χ0v) is 9.71. The number of nitrogens with zero attached hydrogens (tertiary/aromatic N) is 3. The number of aryl methyl sites for hydroxylation is 1. The van der Waals surface area contributed by atoms with Crippen LogP contribution in [0.4, 0.5) is 0 Å². The fraction of sp³-hybridized carbons (Fsp3) is 0.250. The molecule has 0 saturated carbocycles. The number of benzene rings is 1. The molecular weight excluding hydrogens is 218 g/mol. The quantitative estimate of drug-likeness (QED) is 0.869. The van der Waals surface area contributed by atoms with E-state index in [9.17, 15) is 4.79 Å². The molecule has 17 heavy (non-hydrogen) atoms. The molecule has 0 atom stereocenters. The minimum atomic E-state index is -0.905. The summed E-state index contributed by atoms with van der Waals surface area (Å²) in [4.78, 5) is 10.6. The van der Waals surface area contributed by atoms with Crippen molar-refractivity contribution in [3.63, 3.8) is 0 Å². The number of rotatable bonds is 3. The van der Waals surface area contributed by atoms with Crippen LogP contribution < -0.4 is 0 Å². The van der Waals surface area contributed by atoms with E-state index in [0.29, 0.717) is 5.69 Å². The largest absolute Gasteiger partial charge is 0.481 e. The first-order valence-corrected chi connectivity index (χ1v) is 5.27. The van der Waals surface area contributed by atoms with Crippen LogP contribution in [0.1, 0.15) is 16.8 Å². The lowest BCUT2D eigenvalue weighted by molar-refractivity contribution is -0.136. The van der Waals surface area contributed by atoms with Gasteiger partial charge in [-0.1, -0.05) is 17.3 Å². The molecule has 2 rings (SSSR count).